The van der Waals surface area contributed by atoms with E-state index in [1.807, 2.05) is 0 Å². The molecule has 2 rings (SSSR count). The summed E-state index contributed by atoms with van der Waals surface area (Å²) in [6.45, 7) is 8.77. The van der Waals surface area contributed by atoms with Gasteiger partial charge in [0.15, 0.2) is 0 Å². The lowest BCUT2D eigenvalue weighted by Crippen LogP contribution is -2.14. The molecule has 0 unspecified atom stereocenters. The van der Waals surface area contributed by atoms with Crippen LogP contribution in [0, 0.1) is 0 Å². The predicted octanol–water partition coefficient (Wildman–Crippen LogP) is 5.69. The molecular formula is C19H30O. The van der Waals surface area contributed by atoms with Crippen molar-refractivity contribution in [3.05, 3.63) is 28.8 Å². The van der Waals surface area contributed by atoms with Crippen LogP contribution in [0.2, 0.25) is 0 Å². The molecule has 1 aromatic carbocycles. The molecular weight excluding hydrogens is 244 g/mol. The molecule has 1 aliphatic carbocycles. The summed E-state index contributed by atoms with van der Waals surface area (Å²) >= 11 is 0. The highest BCUT2D eigenvalue weighted by Crippen LogP contribution is 2.40. The second-order valence-corrected chi connectivity index (χ2v) is 7.41. The Hall–Kier alpha value is -0.980. The van der Waals surface area contributed by atoms with Gasteiger partial charge in [0.2, 0.25) is 0 Å². The highest BCUT2D eigenvalue weighted by Gasteiger charge is 2.24. The van der Waals surface area contributed by atoms with Gasteiger partial charge in [-0.2, -0.15) is 0 Å². The fourth-order valence-corrected chi connectivity index (χ4v) is 3.42. The smallest absolute Gasteiger partial charge is 0.122 e. The molecule has 1 N–H and O–H groups in total. The summed E-state index contributed by atoms with van der Waals surface area (Å²) in [6, 6.07) is 4.56. The Morgan fingerprint density at radius 1 is 1.10 bits per heavy atom. The third kappa shape index (κ3) is 3.37. The normalized spacial score (nSPS) is 17.4. The molecule has 1 nitrogen and oxygen atoms in total. The fourth-order valence-electron chi connectivity index (χ4n) is 3.42. The summed E-state index contributed by atoms with van der Waals surface area (Å²) in [7, 11) is 0. The Kier molecular flexibility index (Phi) is 4.78. The number of hydrogen-bond donors (Lipinski definition) is 1. The summed E-state index contributed by atoms with van der Waals surface area (Å²) in [6.07, 6.45) is 8.82. The average molecular weight is 274 g/mol. The van der Waals surface area contributed by atoms with Crippen molar-refractivity contribution in [1.29, 1.82) is 0 Å². The second kappa shape index (κ2) is 6.20. The lowest BCUT2D eigenvalue weighted by atomic mass is 9.78. The summed E-state index contributed by atoms with van der Waals surface area (Å²) in [5.74, 6) is 1.25. The lowest BCUT2D eigenvalue weighted by Gasteiger charge is -2.27. The quantitative estimate of drug-likeness (QED) is 0.750. The first-order chi connectivity index (χ1) is 9.43. The monoisotopic (exact) mass is 274 g/mol. The molecule has 0 bridgehead atoms. The van der Waals surface area contributed by atoms with E-state index in [-0.39, 0.29) is 5.41 Å². The van der Waals surface area contributed by atoms with Gasteiger partial charge in [-0.3, -0.25) is 0 Å². The minimum absolute atomic E-state index is 0.0112. The molecule has 1 heteroatoms. The van der Waals surface area contributed by atoms with Gasteiger partial charge in [0, 0.05) is 0 Å². The zero-order chi connectivity index (χ0) is 14.8. The van der Waals surface area contributed by atoms with Gasteiger partial charge in [0.25, 0.3) is 0 Å². The van der Waals surface area contributed by atoms with E-state index < -0.39 is 0 Å². The third-order valence-corrected chi connectivity index (χ3v) is 4.62. The largest absolute Gasteiger partial charge is 0.507 e. The zero-order valence-electron chi connectivity index (χ0n) is 13.6. The zero-order valence-corrected chi connectivity index (χ0v) is 13.6. The molecule has 1 aliphatic rings. The van der Waals surface area contributed by atoms with Crippen molar-refractivity contribution < 1.29 is 5.11 Å². The van der Waals surface area contributed by atoms with Crippen LogP contribution in [0.25, 0.3) is 0 Å². The Morgan fingerprint density at radius 2 is 1.75 bits per heavy atom. The number of aryl methyl sites for hydroxylation is 1. The van der Waals surface area contributed by atoms with E-state index in [1.165, 1.54) is 37.7 Å². The molecule has 0 atom stereocenters. The highest BCUT2D eigenvalue weighted by molar-refractivity contribution is 5.48. The Labute approximate surface area is 124 Å². The maximum Gasteiger partial charge on any atom is 0.122 e. The number of rotatable bonds is 3. The van der Waals surface area contributed by atoms with Gasteiger partial charge in [-0.1, -0.05) is 65.5 Å². The van der Waals surface area contributed by atoms with E-state index in [2.05, 4.69) is 39.8 Å². The van der Waals surface area contributed by atoms with Gasteiger partial charge in [-0.25, -0.2) is 0 Å². The van der Waals surface area contributed by atoms with E-state index in [9.17, 15) is 5.11 Å². The Bertz CT molecular complexity index is 448. The minimum Gasteiger partial charge on any atom is -0.507 e. The summed E-state index contributed by atoms with van der Waals surface area (Å²) in [5, 5.41) is 10.6. The molecule has 1 aromatic rings. The second-order valence-electron chi connectivity index (χ2n) is 7.41. The number of benzene rings is 1. The molecule has 0 saturated heterocycles. The van der Waals surface area contributed by atoms with Crippen LogP contribution < -0.4 is 0 Å². The molecule has 0 spiro atoms. The van der Waals surface area contributed by atoms with Crippen LogP contribution in [0.3, 0.4) is 0 Å². The molecule has 1 fully saturated rings. The van der Waals surface area contributed by atoms with E-state index in [0.717, 1.165) is 24.0 Å². The van der Waals surface area contributed by atoms with E-state index in [0.29, 0.717) is 11.7 Å². The number of phenols is 1. The molecule has 112 valence electrons. The molecule has 20 heavy (non-hydrogen) atoms. The molecule has 0 radical (unpaired) electrons. The van der Waals surface area contributed by atoms with Crippen LogP contribution in [-0.2, 0) is 11.8 Å². The van der Waals surface area contributed by atoms with E-state index in [4.69, 9.17) is 0 Å². The number of aromatic hydroxyl groups is 1. The van der Waals surface area contributed by atoms with Gasteiger partial charge in [0.1, 0.15) is 5.75 Å². The van der Waals surface area contributed by atoms with Crippen molar-refractivity contribution in [3.63, 3.8) is 0 Å². The van der Waals surface area contributed by atoms with Crippen LogP contribution in [0.4, 0.5) is 0 Å². The first-order valence-corrected chi connectivity index (χ1v) is 8.29. The van der Waals surface area contributed by atoms with E-state index >= 15 is 0 Å². The third-order valence-electron chi connectivity index (χ3n) is 4.62. The molecule has 0 amide bonds. The Balaban J connectivity index is 2.43. The average Bonchev–Trinajstić information content (AvgIpc) is 2.41. The first kappa shape index (κ1) is 15.4. The van der Waals surface area contributed by atoms with Gasteiger partial charge < -0.3 is 5.11 Å². The topological polar surface area (TPSA) is 20.2 Å². The highest BCUT2D eigenvalue weighted by atomic mass is 16.3. The van der Waals surface area contributed by atoms with E-state index in [1.54, 1.807) is 0 Å². The van der Waals surface area contributed by atoms with Crippen LogP contribution in [0.1, 0.15) is 88.8 Å². The maximum atomic E-state index is 10.6. The van der Waals surface area contributed by atoms with Crippen LogP contribution in [0.5, 0.6) is 5.75 Å². The van der Waals surface area contributed by atoms with Crippen LogP contribution in [0.15, 0.2) is 12.1 Å². The van der Waals surface area contributed by atoms with Crippen molar-refractivity contribution >= 4 is 0 Å². The Morgan fingerprint density at radius 3 is 2.30 bits per heavy atom. The van der Waals surface area contributed by atoms with Crippen LogP contribution >= 0.6 is 0 Å². The standard InChI is InChI=1S/C19H30O/c1-5-9-15-12-16(14-10-7-6-8-11-14)13-17(18(15)20)19(2,3)4/h12-14,20H,5-11H2,1-4H3. The van der Waals surface area contributed by atoms with Crippen molar-refractivity contribution in [2.24, 2.45) is 0 Å². The SMILES string of the molecule is CCCc1cc(C2CCCCC2)cc(C(C)(C)C)c1O. The summed E-state index contributed by atoms with van der Waals surface area (Å²) in [5.41, 5.74) is 3.76. The molecule has 1 saturated carbocycles. The molecule has 0 aliphatic heterocycles. The van der Waals surface area contributed by atoms with Crippen molar-refractivity contribution in [2.75, 3.05) is 0 Å². The van der Waals surface area contributed by atoms with Gasteiger partial charge in [0.05, 0.1) is 0 Å². The van der Waals surface area contributed by atoms with Crippen LogP contribution in [-0.4, -0.2) is 5.11 Å². The minimum atomic E-state index is 0.0112. The summed E-state index contributed by atoms with van der Waals surface area (Å²) in [4.78, 5) is 0. The molecule has 0 heterocycles. The first-order valence-electron chi connectivity index (χ1n) is 8.29. The summed E-state index contributed by atoms with van der Waals surface area (Å²) < 4.78 is 0. The van der Waals surface area contributed by atoms with Gasteiger partial charge >= 0.3 is 0 Å². The van der Waals surface area contributed by atoms with Crippen molar-refractivity contribution in [3.8, 4) is 5.75 Å². The van der Waals surface area contributed by atoms with Gasteiger partial charge in [-0.05, 0) is 47.3 Å². The van der Waals surface area contributed by atoms with Crippen molar-refractivity contribution in [1.82, 2.24) is 0 Å². The fraction of sp³-hybridized carbons (Fsp3) is 0.684. The lowest BCUT2D eigenvalue weighted by molar-refractivity contribution is 0.428. The predicted molar refractivity (Wildman–Crippen MR) is 86.6 cm³/mol. The number of hydrogen-bond acceptors (Lipinski definition) is 1. The molecule has 0 aromatic heterocycles. The van der Waals surface area contributed by atoms with Gasteiger partial charge in [-0.15, -0.1) is 0 Å². The maximum absolute atomic E-state index is 10.6. The van der Waals surface area contributed by atoms with Crippen molar-refractivity contribution in [2.45, 2.75) is 84.0 Å². The number of phenolic OH excluding ortho intramolecular Hbond substituents is 1.